The van der Waals surface area contributed by atoms with Crippen molar-refractivity contribution in [3.05, 3.63) is 59.4 Å². The molecule has 1 saturated carbocycles. The summed E-state index contributed by atoms with van der Waals surface area (Å²) >= 11 is 0. The van der Waals surface area contributed by atoms with Gasteiger partial charge in [0.25, 0.3) is 0 Å². The van der Waals surface area contributed by atoms with E-state index in [1.807, 2.05) is 4.90 Å². The average Bonchev–Trinajstić information content (AvgIpc) is 3.33. The Kier molecular flexibility index (Phi) is 5.45. The van der Waals surface area contributed by atoms with Crippen LogP contribution in [0.15, 0.2) is 36.4 Å². The van der Waals surface area contributed by atoms with Crippen LogP contribution in [0.1, 0.15) is 43.6 Å². The van der Waals surface area contributed by atoms with E-state index in [-0.39, 0.29) is 41.7 Å². The molecule has 0 radical (unpaired) electrons. The zero-order valence-electron chi connectivity index (χ0n) is 17.6. The molecule has 32 heavy (non-hydrogen) atoms. The van der Waals surface area contributed by atoms with Gasteiger partial charge in [-0.3, -0.25) is 4.79 Å². The third-order valence-corrected chi connectivity index (χ3v) is 7.02. The number of rotatable bonds is 5. The molecule has 1 aromatic heterocycles. The highest BCUT2D eigenvalue weighted by Gasteiger charge is 2.42. The van der Waals surface area contributed by atoms with Gasteiger partial charge in [-0.15, -0.1) is 0 Å². The molecule has 1 atom stereocenters. The summed E-state index contributed by atoms with van der Waals surface area (Å²) in [6.45, 7) is 0.782. The molecule has 1 amide bonds. The van der Waals surface area contributed by atoms with Gasteiger partial charge in [-0.25, -0.2) is 13.2 Å². The fourth-order valence-electron chi connectivity index (χ4n) is 5.37. The van der Waals surface area contributed by atoms with Crippen LogP contribution in [-0.4, -0.2) is 40.1 Å². The molecule has 168 valence electrons. The minimum atomic E-state index is -0.675. The van der Waals surface area contributed by atoms with Crippen LogP contribution in [0.25, 0.3) is 22.2 Å². The number of aromatic amines is 1. The minimum absolute atomic E-state index is 0.0298. The largest absolute Gasteiger partial charge is 0.396 e. The molecule has 2 N–H and O–H groups in total. The van der Waals surface area contributed by atoms with Crippen molar-refractivity contribution in [1.29, 1.82) is 0 Å². The smallest absolute Gasteiger partial charge is 0.225 e. The summed E-state index contributed by atoms with van der Waals surface area (Å²) in [4.78, 5) is 18.0. The van der Waals surface area contributed by atoms with Crippen LogP contribution in [0.4, 0.5) is 13.2 Å². The molecule has 0 bridgehead atoms. The summed E-state index contributed by atoms with van der Waals surface area (Å²) in [5.74, 6) is -1.76. The Labute approximate surface area is 184 Å². The highest BCUT2D eigenvalue weighted by atomic mass is 19.1. The summed E-state index contributed by atoms with van der Waals surface area (Å²) in [5, 5.41) is 9.75. The molecule has 3 aromatic rings. The number of carbonyl (C=O) groups excluding carboxylic acids is 1. The topological polar surface area (TPSA) is 56.3 Å². The van der Waals surface area contributed by atoms with Crippen molar-refractivity contribution in [3.63, 3.8) is 0 Å². The number of nitrogens with zero attached hydrogens (tertiary/aromatic N) is 1. The van der Waals surface area contributed by atoms with Crippen LogP contribution in [0.2, 0.25) is 0 Å². The van der Waals surface area contributed by atoms with E-state index in [0.717, 1.165) is 31.0 Å². The highest BCUT2D eigenvalue weighted by Crippen LogP contribution is 2.49. The van der Waals surface area contributed by atoms with Gasteiger partial charge in [-0.2, -0.15) is 0 Å². The van der Waals surface area contributed by atoms with Crippen molar-refractivity contribution in [2.24, 2.45) is 5.92 Å². The van der Waals surface area contributed by atoms with Crippen molar-refractivity contribution in [2.75, 3.05) is 13.2 Å². The molecule has 7 heteroatoms. The molecule has 2 heterocycles. The van der Waals surface area contributed by atoms with Gasteiger partial charge in [0, 0.05) is 36.6 Å². The Morgan fingerprint density at radius 2 is 1.84 bits per heavy atom. The summed E-state index contributed by atoms with van der Waals surface area (Å²) < 4.78 is 42.0. The maximum atomic E-state index is 14.5. The maximum absolute atomic E-state index is 14.5. The van der Waals surface area contributed by atoms with Gasteiger partial charge in [0.05, 0.1) is 11.2 Å². The SMILES string of the molecule is O=C([C@H]1C[C@H](c2c(-c3ccc(F)cc3)[nH]c3c(F)cc(F)cc32)C1)N1CCCC1CCO. The molecule has 1 saturated heterocycles. The molecule has 1 aliphatic carbocycles. The standard InChI is InChI=1S/C25H25F3N2O2/c26-17-5-3-14(4-6-17)23-22(20-12-18(27)13-21(28)24(20)29-23)15-10-16(11-15)25(32)30-8-1-2-19(30)7-9-31/h3-6,12-13,15-16,19,29,31H,1-2,7-11H2/t15-,16-,19?. The number of nitrogens with one attached hydrogen (secondary N) is 1. The molecule has 2 aliphatic rings. The molecule has 2 aromatic carbocycles. The van der Waals surface area contributed by atoms with Gasteiger partial charge in [0.1, 0.15) is 17.5 Å². The second kappa shape index (κ2) is 8.28. The Morgan fingerprint density at radius 3 is 2.56 bits per heavy atom. The molecular formula is C25H25F3N2O2. The lowest BCUT2D eigenvalue weighted by molar-refractivity contribution is -0.139. The Bertz CT molecular complexity index is 1150. The van der Waals surface area contributed by atoms with Crippen LogP contribution in [-0.2, 0) is 4.79 Å². The number of carbonyl (C=O) groups is 1. The number of hydrogen-bond donors (Lipinski definition) is 2. The molecule has 0 spiro atoms. The first-order chi connectivity index (χ1) is 15.5. The summed E-state index contributed by atoms with van der Waals surface area (Å²) in [6, 6.07) is 8.17. The molecule has 2 fully saturated rings. The van der Waals surface area contributed by atoms with Gasteiger partial charge in [-0.1, -0.05) is 0 Å². The number of hydrogen-bond acceptors (Lipinski definition) is 2. The number of aliphatic hydroxyl groups excluding tert-OH is 1. The normalized spacial score (nSPS) is 23.0. The van der Waals surface area contributed by atoms with Crippen LogP contribution < -0.4 is 0 Å². The van der Waals surface area contributed by atoms with Crippen LogP contribution in [0.3, 0.4) is 0 Å². The third kappa shape index (κ3) is 3.58. The predicted molar refractivity (Wildman–Crippen MR) is 116 cm³/mol. The Hall–Kier alpha value is -2.80. The number of H-pyrrole nitrogens is 1. The second-order valence-electron chi connectivity index (χ2n) is 8.94. The number of halogens is 3. The quantitative estimate of drug-likeness (QED) is 0.576. The predicted octanol–water partition coefficient (Wildman–Crippen LogP) is 5.12. The minimum Gasteiger partial charge on any atom is -0.396 e. The van der Waals surface area contributed by atoms with E-state index in [9.17, 15) is 23.1 Å². The van der Waals surface area contributed by atoms with Crippen molar-refractivity contribution in [3.8, 4) is 11.3 Å². The monoisotopic (exact) mass is 442 g/mol. The lowest BCUT2D eigenvalue weighted by Gasteiger charge is -2.38. The summed E-state index contributed by atoms with van der Waals surface area (Å²) in [5.41, 5.74) is 2.33. The fourth-order valence-corrected chi connectivity index (χ4v) is 5.37. The average molecular weight is 442 g/mol. The van der Waals surface area contributed by atoms with E-state index >= 15 is 0 Å². The van der Waals surface area contributed by atoms with Gasteiger partial charge < -0.3 is 15.0 Å². The van der Waals surface area contributed by atoms with Crippen molar-refractivity contribution < 1.29 is 23.1 Å². The number of aliphatic hydroxyl groups is 1. The number of benzene rings is 2. The van der Waals surface area contributed by atoms with Crippen molar-refractivity contribution in [1.82, 2.24) is 9.88 Å². The molecule has 1 aliphatic heterocycles. The number of amides is 1. The summed E-state index contributed by atoms with van der Waals surface area (Å²) in [6.07, 6.45) is 3.65. The molecule has 5 rings (SSSR count). The molecule has 4 nitrogen and oxygen atoms in total. The number of aromatic nitrogens is 1. The van der Waals surface area contributed by atoms with E-state index in [2.05, 4.69) is 4.98 Å². The van der Waals surface area contributed by atoms with Crippen LogP contribution in [0, 0.1) is 23.4 Å². The Morgan fingerprint density at radius 1 is 1.09 bits per heavy atom. The van der Waals surface area contributed by atoms with Gasteiger partial charge >= 0.3 is 0 Å². The first kappa shape index (κ1) is 21.1. The lowest BCUT2D eigenvalue weighted by atomic mass is 9.69. The van der Waals surface area contributed by atoms with E-state index in [1.165, 1.54) is 18.2 Å². The van der Waals surface area contributed by atoms with E-state index in [0.29, 0.717) is 35.9 Å². The number of likely N-dealkylation sites (tertiary alicyclic amines) is 1. The van der Waals surface area contributed by atoms with Crippen molar-refractivity contribution in [2.45, 2.75) is 44.1 Å². The zero-order chi connectivity index (χ0) is 22.4. The van der Waals surface area contributed by atoms with E-state index < -0.39 is 11.6 Å². The van der Waals surface area contributed by atoms with Gasteiger partial charge in [0.15, 0.2) is 0 Å². The summed E-state index contributed by atoms with van der Waals surface area (Å²) in [7, 11) is 0. The van der Waals surface area contributed by atoms with Gasteiger partial charge in [0.2, 0.25) is 5.91 Å². The molecule has 1 unspecified atom stereocenters. The van der Waals surface area contributed by atoms with Gasteiger partial charge in [-0.05, 0) is 79.5 Å². The second-order valence-corrected chi connectivity index (χ2v) is 8.94. The first-order valence-corrected chi connectivity index (χ1v) is 11.1. The maximum Gasteiger partial charge on any atom is 0.225 e. The van der Waals surface area contributed by atoms with E-state index in [4.69, 9.17) is 0 Å². The van der Waals surface area contributed by atoms with Crippen molar-refractivity contribution >= 4 is 16.8 Å². The first-order valence-electron chi connectivity index (χ1n) is 11.1. The Balaban J connectivity index is 1.46. The lowest BCUT2D eigenvalue weighted by Crippen LogP contribution is -2.44. The molecular weight excluding hydrogens is 417 g/mol. The van der Waals surface area contributed by atoms with E-state index in [1.54, 1.807) is 12.1 Å². The highest BCUT2D eigenvalue weighted by molar-refractivity contribution is 5.92. The van der Waals surface area contributed by atoms with Crippen LogP contribution >= 0.6 is 0 Å². The number of fused-ring (bicyclic) bond motifs is 1. The fraction of sp³-hybridized carbons (Fsp3) is 0.400. The third-order valence-electron chi connectivity index (χ3n) is 7.02. The zero-order valence-corrected chi connectivity index (χ0v) is 17.6. The van der Waals surface area contributed by atoms with Crippen LogP contribution in [0.5, 0.6) is 0 Å².